The Morgan fingerprint density at radius 1 is 1.17 bits per heavy atom. The largest absolute Gasteiger partial charge is 0.493 e. The molecule has 122 valence electrons. The first kappa shape index (κ1) is 15.8. The summed E-state index contributed by atoms with van der Waals surface area (Å²) in [6, 6.07) is 14.9. The van der Waals surface area contributed by atoms with E-state index >= 15 is 0 Å². The molecule has 1 N–H and O–H groups in total. The van der Waals surface area contributed by atoms with E-state index in [1.807, 2.05) is 42.5 Å². The quantitative estimate of drug-likeness (QED) is 0.859. The van der Waals surface area contributed by atoms with Crippen molar-refractivity contribution in [3.63, 3.8) is 0 Å². The van der Waals surface area contributed by atoms with Gasteiger partial charge in [0.05, 0.1) is 18.7 Å². The van der Waals surface area contributed by atoms with E-state index in [1.54, 1.807) is 24.1 Å². The van der Waals surface area contributed by atoms with Gasteiger partial charge in [0.15, 0.2) is 0 Å². The highest BCUT2D eigenvalue weighted by atomic mass is 16.5. The molecule has 0 fully saturated rings. The lowest BCUT2D eigenvalue weighted by Crippen LogP contribution is -2.20. The third kappa shape index (κ3) is 3.15. The summed E-state index contributed by atoms with van der Waals surface area (Å²) in [5, 5.41) is 8.60. The van der Waals surface area contributed by atoms with Crippen LogP contribution in [0.2, 0.25) is 0 Å². The smallest absolute Gasteiger partial charge is 0.306 e. The number of para-hydroxylation sites is 1. The van der Waals surface area contributed by atoms with Crippen molar-refractivity contribution in [1.29, 1.82) is 0 Å². The molecule has 0 spiro atoms. The summed E-state index contributed by atoms with van der Waals surface area (Å²) in [6.07, 6.45) is 1.81. The highest BCUT2D eigenvalue weighted by Crippen LogP contribution is 2.36. The van der Waals surface area contributed by atoms with Crippen molar-refractivity contribution in [1.82, 2.24) is 0 Å². The lowest BCUT2D eigenvalue weighted by atomic mass is 10.0. The molecular formula is C19H17NO4. The van der Waals surface area contributed by atoms with E-state index in [0.717, 1.165) is 16.8 Å². The third-order valence-electron chi connectivity index (χ3n) is 3.87. The highest BCUT2D eigenvalue weighted by Gasteiger charge is 2.28. The minimum absolute atomic E-state index is 0.0296. The SMILES string of the molecule is CN1C(=O)C(=Cc2ccc(OCCC(=O)O)cc2)c2ccccc21. The van der Waals surface area contributed by atoms with Crippen LogP contribution in [0, 0.1) is 0 Å². The zero-order valence-electron chi connectivity index (χ0n) is 13.2. The zero-order valence-corrected chi connectivity index (χ0v) is 13.2. The minimum Gasteiger partial charge on any atom is -0.493 e. The van der Waals surface area contributed by atoms with Crippen molar-refractivity contribution in [2.75, 3.05) is 18.6 Å². The molecule has 0 aliphatic carbocycles. The average molecular weight is 323 g/mol. The molecule has 0 atom stereocenters. The maximum absolute atomic E-state index is 12.4. The second-order valence-electron chi connectivity index (χ2n) is 5.50. The van der Waals surface area contributed by atoms with Crippen LogP contribution in [0.25, 0.3) is 11.6 Å². The van der Waals surface area contributed by atoms with Crippen molar-refractivity contribution >= 4 is 29.2 Å². The molecule has 2 aromatic rings. The van der Waals surface area contributed by atoms with E-state index < -0.39 is 5.97 Å². The summed E-state index contributed by atoms with van der Waals surface area (Å²) in [7, 11) is 1.77. The molecule has 2 aromatic carbocycles. The van der Waals surface area contributed by atoms with E-state index in [9.17, 15) is 9.59 Å². The van der Waals surface area contributed by atoms with Gasteiger partial charge in [0, 0.05) is 18.2 Å². The van der Waals surface area contributed by atoms with E-state index in [1.165, 1.54) is 0 Å². The number of nitrogens with zero attached hydrogens (tertiary/aromatic N) is 1. The number of carboxylic acids is 1. The summed E-state index contributed by atoms with van der Waals surface area (Å²) in [5.41, 5.74) is 3.37. The Morgan fingerprint density at radius 3 is 2.58 bits per heavy atom. The van der Waals surface area contributed by atoms with Gasteiger partial charge in [0.25, 0.3) is 5.91 Å². The van der Waals surface area contributed by atoms with Crippen molar-refractivity contribution in [2.45, 2.75) is 6.42 Å². The van der Waals surface area contributed by atoms with Crippen LogP contribution in [-0.2, 0) is 9.59 Å². The Morgan fingerprint density at radius 2 is 1.88 bits per heavy atom. The number of carbonyl (C=O) groups is 2. The third-order valence-corrected chi connectivity index (χ3v) is 3.87. The van der Waals surface area contributed by atoms with Crippen LogP contribution in [0.4, 0.5) is 5.69 Å². The number of amides is 1. The average Bonchev–Trinajstić information content (AvgIpc) is 2.81. The summed E-state index contributed by atoms with van der Waals surface area (Å²) >= 11 is 0. The number of likely N-dealkylation sites (N-methyl/N-ethyl adjacent to an activating group) is 1. The van der Waals surface area contributed by atoms with Gasteiger partial charge < -0.3 is 14.7 Å². The van der Waals surface area contributed by atoms with Gasteiger partial charge >= 0.3 is 5.97 Å². The van der Waals surface area contributed by atoms with Gasteiger partial charge in [-0.05, 0) is 29.8 Å². The number of carbonyl (C=O) groups excluding carboxylic acids is 1. The molecule has 0 saturated carbocycles. The topological polar surface area (TPSA) is 66.8 Å². The number of ether oxygens (including phenoxy) is 1. The molecule has 24 heavy (non-hydrogen) atoms. The van der Waals surface area contributed by atoms with Crippen molar-refractivity contribution < 1.29 is 19.4 Å². The predicted molar refractivity (Wildman–Crippen MR) is 91.9 cm³/mol. The number of hydrogen-bond acceptors (Lipinski definition) is 3. The van der Waals surface area contributed by atoms with Crippen molar-refractivity contribution in [2.24, 2.45) is 0 Å². The van der Waals surface area contributed by atoms with Crippen LogP contribution >= 0.6 is 0 Å². The summed E-state index contributed by atoms with van der Waals surface area (Å²) < 4.78 is 5.36. The van der Waals surface area contributed by atoms with E-state index in [0.29, 0.717) is 11.3 Å². The second-order valence-corrected chi connectivity index (χ2v) is 5.50. The molecule has 0 radical (unpaired) electrons. The molecule has 0 unspecified atom stereocenters. The molecule has 0 saturated heterocycles. The molecule has 0 bridgehead atoms. The first-order chi connectivity index (χ1) is 11.6. The Hall–Kier alpha value is -3.08. The number of aliphatic carboxylic acids is 1. The molecular weight excluding hydrogens is 306 g/mol. The monoisotopic (exact) mass is 323 g/mol. The van der Waals surface area contributed by atoms with Gasteiger partial charge in [-0.1, -0.05) is 30.3 Å². The van der Waals surface area contributed by atoms with Crippen LogP contribution in [0.1, 0.15) is 17.5 Å². The number of anilines is 1. The van der Waals surface area contributed by atoms with Gasteiger partial charge in [0.1, 0.15) is 5.75 Å². The summed E-state index contributed by atoms with van der Waals surface area (Å²) in [5.74, 6) is -0.314. The van der Waals surface area contributed by atoms with Crippen molar-refractivity contribution in [3.8, 4) is 5.75 Å². The second kappa shape index (κ2) is 6.58. The molecule has 5 heteroatoms. The zero-order chi connectivity index (χ0) is 17.1. The Labute approximate surface area is 139 Å². The Kier molecular flexibility index (Phi) is 4.33. The Balaban J connectivity index is 1.79. The lowest BCUT2D eigenvalue weighted by molar-refractivity contribution is -0.137. The fraction of sp³-hybridized carbons (Fsp3) is 0.158. The molecule has 3 rings (SSSR count). The van der Waals surface area contributed by atoms with E-state index in [-0.39, 0.29) is 18.9 Å². The van der Waals surface area contributed by atoms with Crippen LogP contribution < -0.4 is 9.64 Å². The number of carboxylic acid groups (broad SMARTS) is 1. The number of hydrogen-bond donors (Lipinski definition) is 1. The van der Waals surface area contributed by atoms with E-state index in [2.05, 4.69) is 0 Å². The summed E-state index contributed by atoms with van der Waals surface area (Å²) in [6.45, 7) is 0.131. The van der Waals surface area contributed by atoms with Gasteiger partial charge in [0.2, 0.25) is 0 Å². The van der Waals surface area contributed by atoms with Crippen LogP contribution in [0.15, 0.2) is 48.5 Å². The van der Waals surface area contributed by atoms with Crippen LogP contribution in [0.3, 0.4) is 0 Å². The van der Waals surface area contributed by atoms with Gasteiger partial charge in [-0.15, -0.1) is 0 Å². The molecule has 1 aliphatic heterocycles. The molecule has 5 nitrogen and oxygen atoms in total. The number of rotatable bonds is 5. The number of fused-ring (bicyclic) bond motifs is 1. The maximum Gasteiger partial charge on any atom is 0.306 e. The standard InChI is InChI=1S/C19H17NO4/c1-20-17-5-3-2-4-15(17)16(19(20)23)12-13-6-8-14(9-7-13)24-11-10-18(21)22/h2-9,12H,10-11H2,1H3,(H,21,22). The fourth-order valence-corrected chi connectivity index (χ4v) is 2.62. The van der Waals surface area contributed by atoms with Gasteiger partial charge in [-0.25, -0.2) is 0 Å². The fourth-order valence-electron chi connectivity index (χ4n) is 2.62. The molecule has 1 aliphatic rings. The highest BCUT2D eigenvalue weighted by molar-refractivity contribution is 6.35. The Bertz CT molecular complexity index is 808. The van der Waals surface area contributed by atoms with Gasteiger partial charge in [-0.2, -0.15) is 0 Å². The number of benzene rings is 2. The first-order valence-electron chi connectivity index (χ1n) is 7.60. The minimum atomic E-state index is -0.890. The lowest BCUT2D eigenvalue weighted by Gasteiger charge is -2.08. The maximum atomic E-state index is 12.4. The predicted octanol–water partition coefficient (Wildman–Crippen LogP) is 3.06. The van der Waals surface area contributed by atoms with Crippen LogP contribution in [0.5, 0.6) is 5.75 Å². The van der Waals surface area contributed by atoms with E-state index in [4.69, 9.17) is 9.84 Å². The van der Waals surface area contributed by atoms with Crippen LogP contribution in [-0.4, -0.2) is 30.6 Å². The van der Waals surface area contributed by atoms with Gasteiger partial charge in [-0.3, -0.25) is 9.59 Å². The first-order valence-corrected chi connectivity index (χ1v) is 7.60. The molecule has 1 amide bonds. The summed E-state index contributed by atoms with van der Waals surface area (Å²) in [4.78, 5) is 24.5. The molecule has 0 aromatic heterocycles. The van der Waals surface area contributed by atoms with Crippen molar-refractivity contribution in [3.05, 3.63) is 59.7 Å². The normalized spacial score (nSPS) is 14.8. The molecule has 1 heterocycles.